The average molecular weight is 426 g/mol. The fourth-order valence-corrected chi connectivity index (χ4v) is 3.42. The fourth-order valence-electron chi connectivity index (χ4n) is 3.42. The predicted octanol–water partition coefficient (Wildman–Crippen LogP) is 0.291. The first kappa shape index (κ1) is 23.3. The summed E-state index contributed by atoms with van der Waals surface area (Å²) in [6, 6.07) is -5.05. The van der Waals surface area contributed by atoms with Gasteiger partial charge in [0.25, 0.3) is 0 Å². The molecule has 0 amide bonds. The van der Waals surface area contributed by atoms with E-state index < -0.39 is 67.6 Å². The van der Waals surface area contributed by atoms with Gasteiger partial charge in [-0.15, -0.1) is 0 Å². The molecule has 162 valence electrons. The van der Waals surface area contributed by atoms with Crippen LogP contribution in [0, 0.1) is 0 Å². The van der Waals surface area contributed by atoms with E-state index in [1.807, 2.05) is 0 Å². The van der Waals surface area contributed by atoms with Gasteiger partial charge in [-0.25, -0.2) is 0 Å². The van der Waals surface area contributed by atoms with Crippen LogP contribution in [-0.2, 0) is 9.47 Å². The smallest absolute Gasteiger partial charge is 0.167 e. The van der Waals surface area contributed by atoms with E-state index in [0.29, 0.717) is 0 Å². The molecule has 1 saturated heterocycles. The highest BCUT2D eigenvalue weighted by atomic mass is 16.7. The Labute approximate surface area is 167 Å². The summed E-state index contributed by atoms with van der Waals surface area (Å²) in [5, 5.41) is 53.9. The zero-order valence-electron chi connectivity index (χ0n) is 15.2. The first-order valence-electron chi connectivity index (χ1n) is 8.56. The molecule has 0 aromatic rings. The van der Waals surface area contributed by atoms with Gasteiger partial charge in [-0.2, -0.15) is 0 Å². The minimum atomic E-state index is -1.71. The lowest BCUT2D eigenvalue weighted by molar-refractivity contribution is -0.277. The number of ether oxygens (including phenoxy) is 2. The number of hydrogen-bond acceptors (Lipinski definition) is 10. The van der Waals surface area contributed by atoms with E-state index in [-0.39, 0.29) is 6.42 Å². The number of azide groups is 4. The van der Waals surface area contributed by atoms with Gasteiger partial charge in [0, 0.05) is 19.6 Å². The Balaban J connectivity index is 2.39. The van der Waals surface area contributed by atoms with Crippen molar-refractivity contribution < 1.29 is 29.9 Å². The van der Waals surface area contributed by atoms with Gasteiger partial charge in [0.15, 0.2) is 6.29 Å². The van der Waals surface area contributed by atoms with Gasteiger partial charge in [0.05, 0.1) is 49.1 Å². The summed E-state index contributed by atoms with van der Waals surface area (Å²) in [5.41, 5.74) is 35.0. The summed E-state index contributed by atoms with van der Waals surface area (Å²) in [7, 11) is 0. The summed E-state index contributed by atoms with van der Waals surface area (Å²) in [6.07, 6.45) is -9.27. The first-order chi connectivity index (χ1) is 14.4. The molecule has 30 heavy (non-hydrogen) atoms. The van der Waals surface area contributed by atoms with Crippen molar-refractivity contribution in [3.8, 4) is 0 Å². The van der Waals surface area contributed by atoms with Crippen LogP contribution in [0.15, 0.2) is 20.5 Å². The molecular weight excluding hydrogens is 408 g/mol. The summed E-state index contributed by atoms with van der Waals surface area (Å²) in [4.78, 5) is 10.4. The lowest BCUT2D eigenvalue weighted by Crippen LogP contribution is -2.62. The third-order valence-corrected chi connectivity index (χ3v) is 4.85. The molecule has 1 saturated carbocycles. The molecule has 2 fully saturated rings. The van der Waals surface area contributed by atoms with Crippen molar-refractivity contribution in [3.05, 3.63) is 41.8 Å². The molecule has 2 aliphatic rings. The highest BCUT2D eigenvalue weighted by Crippen LogP contribution is 2.33. The second-order valence-electron chi connectivity index (χ2n) is 6.47. The molecule has 1 heterocycles. The Morgan fingerprint density at radius 2 is 1.37 bits per heavy atom. The summed E-state index contributed by atoms with van der Waals surface area (Å²) < 4.78 is 11.0. The van der Waals surface area contributed by atoms with Crippen molar-refractivity contribution >= 4 is 0 Å². The van der Waals surface area contributed by atoms with Gasteiger partial charge in [-0.3, -0.25) is 0 Å². The number of rotatable bonds is 7. The average Bonchev–Trinajstić information content (AvgIpc) is 2.73. The first-order valence-corrected chi connectivity index (χ1v) is 8.56. The van der Waals surface area contributed by atoms with Crippen molar-refractivity contribution in [1.29, 1.82) is 0 Å². The van der Waals surface area contributed by atoms with E-state index in [9.17, 15) is 20.4 Å². The highest BCUT2D eigenvalue weighted by Gasteiger charge is 2.50. The van der Waals surface area contributed by atoms with E-state index >= 15 is 0 Å². The molecule has 0 spiro atoms. The van der Waals surface area contributed by atoms with E-state index in [4.69, 9.17) is 31.6 Å². The standard InChI is InChI=1S/C12H18N12O6/c13-21-17-3-1-4(18-22-14)11(10(28)8(3)26)30-12-7(20-24-16)6(19-23-15)9(27)5(2-25)29-12/h3-12,25-28H,1-2H2/t3-,4?,5?,6-,7?,8?,9-,10-,11-,12-/m1/s1. The topological polar surface area (TPSA) is 294 Å². The summed E-state index contributed by atoms with van der Waals surface area (Å²) in [6.45, 7) is -0.712. The molecule has 0 bridgehead atoms. The van der Waals surface area contributed by atoms with Gasteiger partial charge < -0.3 is 29.9 Å². The van der Waals surface area contributed by atoms with Crippen molar-refractivity contribution in [2.24, 2.45) is 20.5 Å². The minimum absolute atomic E-state index is 0.179. The number of nitrogens with zero attached hydrogens (tertiary/aromatic N) is 12. The quantitative estimate of drug-likeness (QED) is 0.251. The lowest BCUT2D eigenvalue weighted by atomic mass is 9.84. The largest absolute Gasteiger partial charge is 0.394 e. The van der Waals surface area contributed by atoms with Crippen molar-refractivity contribution in [2.45, 2.75) is 67.4 Å². The second kappa shape index (κ2) is 10.7. The van der Waals surface area contributed by atoms with Crippen molar-refractivity contribution in [1.82, 2.24) is 0 Å². The molecule has 4 N–H and O–H groups in total. The van der Waals surface area contributed by atoms with E-state index in [2.05, 4.69) is 40.1 Å². The molecule has 1 aliphatic heterocycles. The van der Waals surface area contributed by atoms with E-state index in [0.717, 1.165) is 0 Å². The van der Waals surface area contributed by atoms with Crippen LogP contribution in [0.25, 0.3) is 41.8 Å². The number of aliphatic hydroxyl groups is 4. The van der Waals surface area contributed by atoms with E-state index in [1.165, 1.54) is 0 Å². The number of aliphatic hydroxyl groups excluding tert-OH is 4. The third kappa shape index (κ3) is 4.76. The van der Waals surface area contributed by atoms with Crippen LogP contribution in [-0.4, -0.2) is 88.0 Å². The Bertz CT molecular complexity index is 804. The molecule has 18 nitrogen and oxygen atoms in total. The van der Waals surface area contributed by atoms with Crippen LogP contribution >= 0.6 is 0 Å². The molecule has 0 radical (unpaired) electrons. The van der Waals surface area contributed by atoms with Crippen LogP contribution in [0.2, 0.25) is 0 Å². The Morgan fingerprint density at radius 1 is 0.800 bits per heavy atom. The van der Waals surface area contributed by atoms with Gasteiger partial charge >= 0.3 is 0 Å². The molecule has 0 aromatic heterocycles. The van der Waals surface area contributed by atoms with E-state index in [1.54, 1.807) is 0 Å². The molecular formula is C12H18N12O6. The van der Waals surface area contributed by atoms with Crippen LogP contribution in [0.5, 0.6) is 0 Å². The maximum absolute atomic E-state index is 10.4. The SMILES string of the molecule is [N-]=[N+]=NC1[C@@H](O[C@@H]2C(N=[N+]=[N-])C[C@@H](N=[N+]=[N-])C(O)[C@H]2O)OC(CO)[C@@H](O)[C@@H]1N=[N+]=[N-]. The number of hydrogen-bond donors (Lipinski definition) is 4. The maximum atomic E-state index is 10.4. The van der Waals surface area contributed by atoms with Crippen LogP contribution < -0.4 is 0 Å². The van der Waals surface area contributed by atoms with Crippen LogP contribution in [0.4, 0.5) is 0 Å². The fraction of sp³-hybridized carbons (Fsp3) is 1.00. The normalized spacial score (nSPS) is 40.7. The second-order valence-corrected chi connectivity index (χ2v) is 6.47. The lowest BCUT2D eigenvalue weighted by Gasteiger charge is -2.45. The molecule has 10 atom stereocenters. The zero-order valence-corrected chi connectivity index (χ0v) is 15.2. The van der Waals surface area contributed by atoms with Crippen LogP contribution in [0.1, 0.15) is 6.42 Å². The third-order valence-electron chi connectivity index (χ3n) is 4.85. The molecule has 4 unspecified atom stereocenters. The molecule has 2 rings (SSSR count). The Morgan fingerprint density at radius 3 is 1.93 bits per heavy atom. The zero-order chi connectivity index (χ0) is 22.3. The van der Waals surface area contributed by atoms with Crippen LogP contribution in [0.3, 0.4) is 0 Å². The van der Waals surface area contributed by atoms with Crippen molar-refractivity contribution in [3.63, 3.8) is 0 Å². The summed E-state index contributed by atoms with van der Waals surface area (Å²) >= 11 is 0. The van der Waals surface area contributed by atoms with Gasteiger partial charge in [-0.1, -0.05) is 20.5 Å². The van der Waals surface area contributed by atoms with Gasteiger partial charge in [-0.05, 0) is 28.5 Å². The monoisotopic (exact) mass is 426 g/mol. The highest BCUT2D eigenvalue weighted by molar-refractivity contribution is 5.03. The minimum Gasteiger partial charge on any atom is -0.394 e. The predicted molar refractivity (Wildman–Crippen MR) is 95.0 cm³/mol. The maximum Gasteiger partial charge on any atom is 0.167 e. The van der Waals surface area contributed by atoms with Gasteiger partial charge in [0.1, 0.15) is 12.2 Å². The molecule has 1 aliphatic carbocycles. The Hall–Kier alpha value is -3.00. The van der Waals surface area contributed by atoms with Crippen molar-refractivity contribution in [2.75, 3.05) is 6.61 Å². The molecule has 18 heteroatoms. The molecule has 0 aromatic carbocycles. The van der Waals surface area contributed by atoms with Gasteiger partial charge in [0.2, 0.25) is 0 Å². The Kier molecular flexibility index (Phi) is 8.29. The summed E-state index contributed by atoms with van der Waals surface area (Å²) in [5.74, 6) is 0.